The first-order valence-electron chi connectivity index (χ1n) is 7.47. The third kappa shape index (κ3) is 4.12. The van der Waals surface area contributed by atoms with Crippen molar-refractivity contribution in [3.63, 3.8) is 0 Å². The van der Waals surface area contributed by atoms with Crippen molar-refractivity contribution < 1.29 is 4.74 Å². The lowest BCUT2D eigenvalue weighted by atomic mass is 10.1. The summed E-state index contributed by atoms with van der Waals surface area (Å²) in [5.41, 5.74) is 7.19. The van der Waals surface area contributed by atoms with Crippen LogP contribution in [-0.4, -0.2) is 49.8 Å². The number of anilines is 1. The van der Waals surface area contributed by atoms with Crippen molar-refractivity contribution in [2.75, 3.05) is 44.2 Å². The Morgan fingerprint density at radius 1 is 1.15 bits per heavy atom. The highest BCUT2D eigenvalue weighted by Crippen LogP contribution is 2.28. The first-order valence-corrected chi connectivity index (χ1v) is 7.47. The molecule has 1 fully saturated rings. The van der Waals surface area contributed by atoms with Gasteiger partial charge in [-0.05, 0) is 32.9 Å². The van der Waals surface area contributed by atoms with Gasteiger partial charge in [-0.25, -0.2) is 0 Å². The van der Waals surface area contributed by atoms with Gasteiger partial charge in [0.2, 0.25) is 0 Å². The molecule has 0 aliphatic carbocycles. The van der Waals surface area contributed by atoms with Gasteiger partial charge in [-0.2, -0.15) is 0 Å². The second kappa shape index (κ2) is 6.46. The second-order valence-electron chi connectivity index (χ2n) is 6.15. The van der Waals surface area contributed by atoms with Crippen molar-refractivity contribution >= 4 is 5.69 Å². The number of ether oxygens (including phenoxy) is 1. The Bertz CT molecular complexity index is 420. The van der Waals surface area contributed by atoms with Crippen LogP contribution in [0.3, 0.4) is 0 Å². The monoisotopic (exact) mass is 277 g/mol. The molecule has 0 amide bonds. The molecule has 1 aromatic rings. The third-order valence-electron chi connectivity index (χ3n) is 3.51. The zero-order valence-corrected chi connectivity index (χ0v) is 12.9. The van der Waals surface area contributed by atoms with Crippen molar-refractivity contribution in [3.8, 4) is 5.75 Å². The molecule has 4 nitrogen and oxygen atoms in total. The topological polar surface area (TPSA) is 41.7 Å². The van der Waals surface area contributed by atoms with Crippen LogP contribution in [0.25, 0.3) is 0 Å². The van der Waals surface area contributed by atoms with Crippen LogP contribution in [0.1, 0.15) is 20.8 Å². The predicted octanol–water partition coefficient (Wildman–Crippen LogP) is 1.94. The molecule has 112 valence electrons. The van der Waals surface area contributed by atoms with Gasteiger partial charge in [-0.3, -0.25) is 4.90 Å². The highest BCUT2D eigenvalue weighted by atomic mass is 16.5. The molecule has 1 aliphatic rings. The molecule has 1 aromatic carbocycles. The van der Waals surface area contributed by atoms with Gasteiger partial charge in [-0.1, -0.05) is 12.1 Å². The maximum atomic E-state index is 6.10. The standard InChI is InChI=1S/C16H27N3O/c1-4-20-15-8-6-5-7-14(15)19-11-9-18(10-12-19)13-16(2,3)17/h5-8H,4,9-13,17H2,1-3H3. The van der Waals surface area contributed by atoms with Gasteiger partial charge in [0, 0.05) is 38.3 Å². The lowest BCUT2D eigenvalue weighted by Crippen LogP contribution is -2.53. The molecular formula is C16H27N3O. The molecule has 0 saturated carbocycles. The summed E-state index contributed by atoms with van der Waals surface area (Å²) in [7, 11) is 0. The van der Waals surface area contributed by atoms with E-state index in [4.69, 9.17) is 10.5 Å². The molecule has 0 spiro atoms. The van der Waals surface area contributed by atoms with Crippen LogP contribution >= 0.6 is 0 Å². The van der Waals surface area contributed by atoms with Crippen LogP contribution in [0, 0.1) is 0 Å². The molecule has 0 atom stereocenters. The quantitative estimate of drug-likeness (QED) is 0.893. The molecule has 0 bridgehead atoms. The Morgan fingerprint density at radius 3 is 2.40 bits per heavy atom. The van der Waals surface area contributed by atoms with Crippen LogP contribution in [0.2, 0.25) is 0 Å². The van der Waals surface area contributed by atoms with Crippen molar-refractivity contribution in [3.05, 3.63) is 24.3 Å². The molecule has 4 heteroatoms. The fraction of sp³-hybridized carbons (Fsp3) is 0.625. The second-order valence-corrected chi connectivity index (χ2v) is 6.15. The van der Waals surface area contributed by atoms with Crippen molar-refractivity contribution in [1.29, 1.82) is 0 Å². The van der Waals surface area contributed by atoms with E-state index < -0.39 is 0 Å². The van der Waals surface area contributed by atoms with E-state index in [1.807, 2.05) is 19.1 Å². The molecule has 0 radical (unpaired) electrons. The van der Waals surface area contributed by atoms with Gasteiger partial charge in [0.15, 0.2) is 0 Å². The zero-order valence-electron chi connectivity index (χ0n) is 12.9. The minimum absolute atomic E-state index is 0.120. The van der Waals surface area contributed by atoms with Crippen molar-refractivity contribution in [2.45, 2.75) is 26.3 Å². The molecule has 2 N–H and O–H groups in total. The fourth-order valence-electron chi connectivity index (χ4n) is 2.72. The van der Waals surface area contributed by atoms with Crippen molar-refractivity contribution in [2.24, 2.45) is 5.73 Å². The van der Waals surface area contributed by atoms with Gasteiger partial charge in [0.25, 0.3) is 0 Å². The van der Waals surface area contributed by atoms with E-state index in [-0.39, 0.29) is 5.54 Å². The number of benzene rings is 1. The fourth-order valence-corrected chi connectivity index (χ4v) is 2.72. The smallest absolute Gasteiger partial charge is 0.142 e. The van der Waals surface area contributed by atoms with Gasteiger partial charge in [0.05, 0.1) is 12.3 Å². The number of para-hydroxylation sites is 2. The average molecular weight is 277 g/mol. The summed E-state index contributed by atoms with van der Waals surface area (Å²) >= 11 is 0. The molecule has 0 unspecified atom stereocenters. The summed E-state index contributed by atoms with van der Waals surface area (Å²) in [5.74, 6) is 0.989. The normalized spacial score (nSPS) is 17.3. The lowest BCUT2D eigenvalue weighted by molar-refractivity contribution is 0.213. The number of rotatable bonds is 5. The average Bonchev–Trinajstić information content (AvgIpc) is 2.39. The Labute approximate surface area is 122 Å². The minimum Gasteiger partial charge on any atom is -0.492 e. The predicted molar refractivity (Wildman–Crippen MR) is 84.5 cm³/mol. The highest BCUT2D eigenvalue weighted by molar-refractivity contribution is 5.58. The molecule has 2 rings (SSSR count). The van der Waals surface area contributed by atoms with E-state index in [9.17, 15) is 0 Å². The molecule has 0 aromatic heterocycles. The van der Waals surface area contributed by atoms with Crippen LogP contribution in [0.5, 0.6) is 5.75 Å². The lowest BCUT2D eigenvalue weighted by Gasteiger charge is -2.39. The summed E-state index contributed by atoms with van der Waals surface area (Å²) in [6.45, 7) is 12.0. The molecule has 1 aliphatic heterocycles. The molecule has 1 heterocycles. The van der Waals surface area contributed by atoms with Crippen LogP contribution in [-0.2, 0) is 0 Å². The summed E-state index contributed by atoms with van der Waals surface area (Å²) in [6.07, 6.45) is 0. The van der Waals surface area contributed by atoms with Gasteiger partial charge < -0.3 is 15.4 Å². The van der Waals surface area contributed by atoms with E-state index in [0.29, 0.717) is 6.61 Å². The Morgan fingerprint density at radius 2 is 1.80 bits per heavy atom. The third-order valence-corrected chi connectivity index (χ3v) is 3.51. The van der Waals surface area contributed by atoms with E-state index in [1.54, 1.807) is 0 Å². The maximum absolute atomic E-state index is 6.10. The van der Waals surface area contributed by atoms with Gasteiger partial charge >= 0.3 is 0 Å². The van der Waals surface area contributed by atoms with Gasteiger partial charge in [-0.15, -0.1) is 0 Å². The Kier molecular flexibility index (Phi) is 4.89. The van der Waals surface area contributed by atoms with Crippen LogP contribution < -0.4 is 15.4 Å². The summed E-state index contributed by atoms with van der Waals surface area (Å²) < 4.78 is 5.72. The summed E-state index contributed by atoms with van der Waals surface area (Å²) in [6, 6.07) is 8.30. The molecular weight excluding hydrogens is 250 g/mol. The minimum atomic E-state index is -0.120. The number of nitrogens with zero attached hydrogens (tertiary/aromatic N) is 2. The van der Waals surface area contributed by atoms with Crippen LogP contribution in [0.4, 0.5) is 5.69 Å². The number of hydrogen-bond acceptors (Lipinski definition) is 4. The number of piperazine rings is 1. The highest BCUT2D eigenvalue weighted by Gasteiger charge is 2.23. The van der Waals surface area contributed by atoms with Gasteiger partial charge in [0.1, 0.15) is 5.75 Å². The zero-order chi connectivity index (χ0) is 14.6. The van der Waals surface area contributed by atoms with Crippen molar-refractivity contribution in [1.82, 2.24) is 4.90 Å². The van der Waals surface area contributed by atoms with E-state index >= 15 is 0 Å². The molecule has 20 heavy (non-hydrogen) atoms. The maximum Gasteiger partial charge on any atom is 0.142 e. The Hall–Kier alpha value is -1.26. The van der Waals surface area contributed by atoms with Crippen LogP contribution in [0.15, 0.2) is 24.3 Å². The summed E-state index contributed by atoms with van der Waals surface area (Å²) in [4.78, 5) is 4.85. The number of hydrogen-bond donors (Lipinski definition) is 1. The first kappa shape index (κ1) is 15.1. The summed E-state index contributed by atoms with van der Waals surface area (Å²) in [5, 5.41) is 0. The van der Waals surface area contributed by atoms with E-state index in [2.05, 4.69) is 35.8 Å². The largest absolute Gasteiger partial charge is 0.492 e. The van der Waals surface area contributed by atoms with E-state index in [1.165, 1.54) is 5.69 Å². The van der Waals surface area contributed by atoms with E-state index in [0.717, 1.165) is 38.5 Å². The Balaban J connectivity index is 1.97. The molecule has 1 saturated heterocycles. The SMILES string of the molecule is CCOc1ccccc1N1CCN(CC(C)(C)N)CC1. The first-order chi connectivity index (χ1) is 9.49. The number of nitrogens with two attached hydrogens (primary N) is 1.